The number of rotatable bonds is 4. The van der Waals surface area contributed by atoms with Crippen LogP contribution in [0.25, 0.3) is 11.1 Å². The molecular weight excluding hydrogens is 310 g/mol. The number of carbonyl (C=O) groups excluding carboxylic acids is 2. The van der Waals surface area contributed by atoms with Crippen molar-refractivity contribution in [2.24, 2.45) is 0 Å². The van der Waals surface area contributed by atoms with Crippen LogP contribution in [0, 0.1) is 0 Å². The minimum atomic E-state index is -0.577. The second kappa shape index (κ2) is 6.41. The normalized spacial score (nSPS) is 10.5. The Morgan fingerprint density at radius 2 is 1.62 bits per heavy atom. The molecule has 0 atom stereocenters. The topological polar surface area (TPSA) is 93.3 Å². The number of nitrogens with zero attached hydrogens (tertiary/aromatic N) is 1. The van der Waals surface area contributed by atoms with Gasteiger partial charge < -0.3 is 15.1 Å². The predicted molar refractivity (Wildman–Crippen MR) is 89.8 cm³/mol. The quantitative estimate of drug-likeness (QED) is 0.769. The van der Waals surface area contributed by atoms with Gasteiger partial charge in [-0.25, -0.2) is 4.79 Å². The molecule has 3 rings (SSSR count). The van der Waals surface area contributed by atoms with E-state index in [-0.39, 0.29) is 18.4 Å². The molecule has 0 saturated carbocycles. The summed E-state index contributed by atoms with van der Waals surface area (Å²) in [6.45, 7) is 1.27. The Balaban J connectivity index is 1.72. The standard InChI is InChI=1S/C17H15N3O4/c1-11(21)18-12-6-8-13(9-7-12)19-16(22)10-20-14-4-2-3-5-15(14)24-17(20)23/h2-9H,10H2,1H3,(H,18,21)(H,19,22). The lowest BCUT2D eigenvalue weighted by molar-refractivity contribution is -0.117. The summed E-state index contributed by atoms with van der Waals surface area (Å²) >= 11 is 0. The maximum Gasteiger partial charge on any atom is 0.420 e. The van der Waals surface area contributed by atoms with Gasteiger partial charge in [0.05, 0.1) is 5.52 Å². The molecule has 0 aliphatic rings. The number of nitrogens with one attached hydrogen (secondary N) is 2. The minimum absolute atomic E-state index is 0.150. The number of fused-ring (bicyclic) bond motifs is 1. The smallest absolute Gasteiger partial charge is 0.408 e. The second-order valence-corrected chi connectivity index (χ2v) is 5.23. The average Bonchev–Trinajstić information content (AvgIpc) is 2.85. The zero-order valence-corrected chi connectivity index (χ0v) is 12.9. The molecule has 2 amide bonds. The Hall–Kier alpha value is -3.35. The molecule has 0 bridgehead atoms. The second-order valence-electron chi connectivity index (χ2n) is 5.23. The third-order valence-electron chi connectivity index (χ3n) is 3.36. The van der Waals surface area contributed by atoms with Crippen molar-refractivity contribution in [2.45, 2.75) is 13.5 Å². The maximum atomic E-state index is 12.2. The molecule has 1 aromatic heterocycles. The van der Waals surface area contributed by atoms with Crippen LogP contribution < -0.4 is 16.4 Å². The molecule has 24 heavy (non-hydrogen) atoms. The van der Waals surface area contributed by atoms with E-state index in [4.69, 9.17) is 4.42 Å². The predicted octanol–water partition coefficient (Wildman–Crippen LogP) is 2.19. The zero-order chi connectivity index (χ0) is 17.1. The van der Waals surface area contributed by atoms with Gasteiger partial charge in [0.15, 0.2) is 5.58 Å². The molecule has 0 fully saturated rings. The summed E-state index contributed by atoms with van der Waals surface area (Å²) in [4.78, 5) is 35.0. The van der Waals surface area contributed by atoms with Gasteiger partial charge in [-0.3, -0.25) is 14.2 Å². The van der Waals surface area contributed by atoms with E-state index in [0.29, 0.717) is 22.5 Å². The first kappa shape index (κ1) is 15.5. The van der Waals surface area contributed by atoms with Crippen molar-refractivity contribution in [1.29, 1.82) is 0 Å². The van der Waals surface area contributed by atoms with Gasteiger partial charge in [0, 0.05) is 18.3 Å². The SMILES string of the molecule is CC(=O)Nc1ccc(NC(=O)Cn2c(=O)oc3ccccc32)cc1. The Bertz CT molecular complexity index is 954. The molecular formula is C17H15N3O4. The molecule has 0 unspecified atom stereocenters. The fourth-order valence-corrected chi connectivity index (χ4v) is 2.35. The van der Waals surface area contributed by atoms with Crippen molar-refractivity contribution in [3.63, 3.8) is 0 Å². The lowest BCUT2D eigenvalue weighted by Crippen LogP contribution is -2.24. The zero-order valence-electron chi connectivity index (χ0n) is 12.9. The van der Waals surface area contributed by atoms with Crippen molar-refractivity contribution in [1.82, 2.24) is 4.57 Å². The summed E-state index contributed by atoms with van der Waals surface area (Å²) in [7, 11) is 0. The van der Waals surface area contributed by atoms with Gasteiger partial charge in [-0.2, -0.15) is 0 Å². The van der Waals surface area contributed by atoms with E-state index < -0.39 is 5.76 Å². The van der Waals surface area contributed by atoms with E-state index >= 15 is 0 Å². The van der Waals surface area contributed by atoms with Gasteiger partial charge >= 0.3 is 5.76 Å². The first-order chi connectivity index (χ1) is 11.5. The first-order valence-corrected chi connectivity index (χ1v) is 7.29. The summed E-state index contributed by atoms with van der Waals surface area (Å²) in [6.07, 6.45) is 0. The van der Waals surface area contributed by atoms with Gasteiger partial charge in [-0.15, -0.1) is 0 Å². The van der Waals surface area contributed by atoms with E-state index in [1.807, 2.05) is 0 Å². The summed E-state index contributed by atoms with van der Waals surface area (Å²) in [5, 5.41) is 5.34. The van der Waals surface area contributed by atoms with Crippen LogP contribution in [0.2, 0.25) is 0 Å². The molecule has 7 nitrogen and oxygen atoms in total. The number of oxazole rings is 1. The van der Waals surface area contributed by atoms with Crippen molar-refractivity contribution >= 4 is 34.3 Å². The van der Waals surface area contributed by atoms with E-state index in [1.54, 1.807) is 48.5 Å². The summed E-state index contributed by atoms with van der Waals surface area (Å²) in [6, 6.07) is 13.6. The van der Waals surface area contributed by atoms with Crippen LogP contribution in [0.3, 0.4) is 0 Å². The van der Waals surface area contributed by atoms with Crippen molar-refractivity contribution in [3.8, 4) is 0 Å². The lowest BCUT2D eigenvalue weighted by atomic mass is 10.2. The number of aromatic nitrogens is 1. The molecule has 1 heterocycles. The highest BCUT2D eigenvalue weighted by Crippen LogP contribution is 2.15. The highest BCUT2D eigenvalue weighted by Gasteiger charge is 2.12. The van der Waals surface area contributed by atoms with Gasteiger partial charge in [-0.1, -0.05) is 12.1 Å². The Labute approximate surface area is 136 Å². The van der Waals surface area contributed by atoms with E-state index in [9.17, 15) is 14.4 Å². The molecule has 0 radical (unpaired) electrons. The molecule has 2 N–H and O–H groups in total. The monoisotopic (exact) mass is 325 g/mol. The summed E-state index contributed by atoms with van der Waals surface area (Å²) in [5.41, 5.74) is 2.21. The fourth-order valence-electron chi connectivity index (χ4n) is 2.35. The third-order valence-corrected chi connectivity index (χ3v) is 3.36. The van der Waals surface area contributed by atoms with Crippen LogP contribution >= 0.6 is 0 Å². The van der Waals surface area contributed by atoms with Gasteiger partial charge in [0.1, 0.15) is 6.54 Å². The van der Waals surface area contributed by atoms with Crippen LogP contribution in [0.15, 0.2) is 57.7 Å². The Kier molecular flexibility index (Phi) is 4.15. The largest absolute Gasteiger partial charge is 0.420 e. The summed E-state index contributed by atoms with van der Waals surface area (Å²) < 4.78 is 6.36. The minimum Gasteiger partial charge on any atom is -0.408 e. The van der Waals surface area contributed by atoms with Crippen molar-refractivity contribution < 1.29 is 14.0 Å². The number of amides is 2. The molecule has 0 saturated heterocycles. The number of hydrogen-bond acceptors (Lipinski definition) is 4. The average molecular weight is 325 g/mol. The molecule has 0 spiro atoms. The lowest BCUT2D eigenvalue weighted by Gasteiger charge is -2.07. The molecule has 3 aromatic rings. The van der Waals surface area contributed by atoms with Crippen LogP contribution in [-0.4, -0.2) is 16.4 Å². The van der Waals surface area contributed by atoms with Gasteiger partial charge in [0.25, 0.3) is 0 Å². The molecule has 7 heteroatoms. The highest BCUT2D eigenvalue weighted by molar-refractivity contribution is 5.92. The Morgan fingerprint density at radius 1 is 1.00 bits per heavy atom. The van der Waals surface area contributed by atoms with E-state index in [2.05, 4.69) is 10.6 Å². The van der Waals surface area contributed by atoms with Gasteiger partial charge in [0.2, 0.25) is 11.8 Å². The van der Waals surface area contributed by atoms with E-state index in [1.165, 1.54) is 11.5 Å². The van der Waals surface area contributed by atoms with Crippen LogP contribution in [0.4, 0.5) is 11.4 Å². The fraction of sp³-hybridized carbons (Fsp3) is 0.118. The molecule has 0 aliphatic heterocycles. The third kappa shape index (κ3) is 3.35. The van der Waals surface area contributed by atoms with E-state index in [0.717, 1.165) is 0 Å². The Morgan fingerprint density at radius 3 is 2.29 bits per heavy atom. The highest BCUT2D eigenvalue weighted by atomic mass is 16.4. The van der Waals surface area contributed by atoms with Crippen LogP contribution in [-0.2, 0) is 16.1 Å². The molecule has 122 valence electrons. The van der Waals surface area contributed by atoms with Crippen LogP contribution in [0.1, 0.15) is 6.92 Å². The number of carbonyl (C=O) groups is 2. The van der Waals surface area contributed by atoms with Crippen molar-refractivity contribution in [3.05, 3.63) is 59.1 Å². The summed E-state index contributed by atoms with van der Waals surface area (Å²) in [5.74, 6) is -1.10. The molecule has 2 aromatic carbocycles. The number of anilines is 2. The maximum absolute atomic E-state index is 12.2. The number of benzene rings is 2. The first-order valence-electron chi connectivity index (χ1n) is 7.29. The van der Waals surface area contributed by atoms with Crippen LogP contribution in [0.5, 0.6) is 0 Å². The molecule has 0 aliphatic carbocycles. The number of hydrogen-bond donors (Lipinski definition) is 2. The number of para-hydroxylation sites is 2. The van der Waals surface area contributed by atoms with Crippen molar-refractivity contribution in [2.75, 3.05) is 10.6 Å². The van der Waals surface area contributed by atoms with Gasteiger partial charge in [-0.05, 0) is 36.4 Å².